The van der Waals surface area contributed by atoms with Crippen molar-refractivity contribution in [3.05, 3.63) is 29.8 Å². The topological polar surface area (TPSA) is 64.6 Å². The SMILES string of the molecule is COC(=O)C(C)NC(=O)COc1cccc(C(C)C)c1. The summed E-state index contributed by atoms with van der Waals surface area (Å²) in [5.41, 5.74) is 1.14. The van der Waals surface area contributed by atoms with Gasteiger partial charge >= 0.3 is 5.97 Å². The summed E-state index contributed by atoms with van der Waals surface area (Å²) >= 11 is 0. The van der Waals surface area contributed by atoms with Crippen LogP contribution in [0.3, 0.4) is 0 Å². The van der Waals surface area contributed by atoms with Gasteiger partial charge in [0.15, 0.2) is 6.61 Å². The zero-order chi connectivity index (χ0) is 15.1. The molecule has 0 aliphatic rings. The molecule has 0 bridgehead atoms. The molecule has 1 aromatic rings. The number of amides is 1. The van der Waals surface area contributed by atoms with Crippen LogP contribution in [0, 0.1) is 0 Å². The van der Waals surface area contributed by atoms with Crippen LogP contribution in [0.4, 0.5) is 0 Å². The van der Waals surface area contributed by atoms with Crippen molar-refractivity contribution < 1.29 is 19.1 Å². The van der Waals surface area contributed by atoms with Crippen molar-refractivity contribution in [3.63, 3.8) is 0 Å². The number of carbonyl (C=O) groups excluding carboxylic acids is 2. The van der Waals surface area contributed by atoms with Gasteiger partial charge in [-0.15, -0.1) is 0 Å². The number of hydrogen-bond acceptors (Lipinski definition) is 4. The summed E-state index contributed by atoms with van der Waals surface area (Å²) in [7, 11) is 1.28. The zero-order valence-electron chi connectivity index (χ0n) is 12.3. The highest BCUT2D eigenvalue weighted by Crippen LogP contribution is 2.19. The van der Waals surface area contributed by atoms with Crippen molar-refractivity contribution >= 4 is 11.9 Å². The molecule has 0 aliphatic heterocycles. The summed E-state index contributed by atoms with van der Waals surface area (Å²) in [6, 6.07) is 6.92. The van der Waals surface area contributed by atoms with E-state index in [0.717, 1.165) is 5.56 Å². The van der Waals surface area contributed by atoms with Gasteiger partial charge in [-0.2, -0.15) is 0 Å². The number of methoxy groups -OCH3 is 1. The Morgan fingerprint density at radius 2 is 1.95 bits per heavy atom. The fraction of sp³-hybridized carbons (Fsp3) is 0.467. The average molecular weight is 279 g/mol. The lowest BCUT2D eigenvalue weighted by Crippen LogP contribution is -2.41. The van der Waals surface area contributed by atoms with Crippen molar-refractivity contribution in [3.8, 4) is 5.75 Å². The maximum absolute atomic E-state index is 11.6. The molecule has 0 saturated carbocycles. The van der Waals surface area contributed by atoms with E-state index in [-0.39, 0.29) is 12.5 Å². The molecule has 1 N–H and O–H groups in total. The van der Waals surface area contributed by atoms with Gasteiger partial charge in [-0.1, -0.05) is 26.0 Å². The fourth-order valence-corrected chi connectivity index (χ4v) is 1.63. The lowest BCUT2D eigenvalue weighted by Gasteiger charge is -2.13. The first-order valence-electron chi connectivity index (χ1n) is 6.54. The van der Waals surface area contributed by atoms with Crippen molar-refractivity contribution in [1.29, 1.82) is 0 Å². The first-order chi connectivity index (χ1) is 9.43. The first kappa shape index (κ1) is 16.0. The van der Waals surface area contributed by atoms with E-state index >= 15 is 0 Å². The minimum absolute atomic E-state index is 0.136. The number of hydrogen-bond donors (Lipinski definition) is 1. The number of ether oxygens (including phenoxy) is 2. The predicted molar refractivity (Wildman–Crippen MR) is 75.6 cm³/mol. The van der Waals surface area contributed by atoms with E-state index < -0.39 is 12.0 Å². The van der Waals surface area contributed by atoms with Gasteiger partial charge < -0.3 is 14.8 Å². The second-order valence-corrected chi connectivity index (χ2v) is 4.83. The summed E-state index contributed by atoms with van der Waals surface area (Å²) in [6.07, 6.45) is 0. The fourth-order valence-electron chi connectivity index (χ4n) is 1.63. The van der Waals surface area contributed by atoms with Gasteiger partial charge in [-0.05, 0) is 30.5 Å². The molecule has 1 unspecified atom stereocenters. The summed E-state index contributed by atoms with van der Waals surface area (Å²) in [6.45, 7) is 5.60. The quantitative estimate of drug-likeness (QED) is 0.807. The minimum atomic E-state index is -0.682. The van der Waals surface area contributed by atoms with Gasteiger partial charge in [0, 0.05) is 0 Å². The molecular formula is C15H21NO4. The van der Waals surface area contributed by atoms with Crippen molar-refractivity contribution in [1.82, 2.24) is 5.32 Å². The van der Waals surface area contributed by atoms with Gasteiger partial charge in [-0.25, -0.2) is 4.79 Å². The van der Waals surface area contributed by atoms with Crippen LogP contribution in [0.5, 0.6) is 5.75 Å². The van der Waals surface area contributed by atoms with Gasteiger partial charge in [0.25, 0.3) is 5.91 Å². The largest absolute Gasteiger partial charge is 0.484 e. The van der Waals surface area contributed by atoms with Crippen LogP contribution >= 0.6 is 0 Å². The third-order valence-electron chi connectivity index (χ3n) is 2.83. The standard InChI is InChI=1S/C15H21NO4/c1-10(2)12-6-5-7-13(8-12)20-9-14(17)16-11(3)15(18)19-4/h5-8,10-11H,9H2,1-4H3,(H,16,17). The van der Waals surface area contributed by atoms with E-state index in [1.165, 1.54) is 7.11 Å². The molecule has 1 amide bonds. The second-order valence-electron chi connectivity index (χ2n) is 4.83. The van der Waals surface area contributed by atoms with Gasteiger partial charge in [0.1, 0.15) is 11.8 Å². The Labute approximate surface area is 119 Å². The van der Waals surface area contributed by atoms with Crippen LogP contribution < -0.4 is 10.1 Å². The molecule has 0 aliphatic carbocycles. The first-order valence-corrected chi connectivity index (χ1v) is 6.54. The van der Waals surface area contributed by atoms with Crippen LogP contribution in [0.25, 0.3) is 0 Å². The van der Waals surface area contributed by atoms with E-state index in [0.29, 0.717) is 11.7 Å². The lowest BCUT2D eigenvalue weighted by atomic mass is 10.0. The smallest absolute Gasteiger partial charge is 0.328 e. The third-order valence-corrected chi connectivity index (χ3v) is 2.83. The molecule has 0 fully saturated rings. The molecule has 110 valence electrons. The number of nitrogens with one attached hydrogen (secondary N) is 1. The van der Waals surface area contributed by atoms with E-state index in [1.54, 1.807) is 13.0 Å². The summed E-state index contributed by atoms with van der Waals surface area (Å²) in [5.74, 6) is 0.182. The van der Waals surface area contributed by atoms with E-state index in [1.807, 2.05) is 18.2 Å². The number of benzene rings is 1. The molecule has 1 rings (SSSR count). The maximum Gasteiger partial charge on any atom is 0.328 e. The molecular weight excluding hydrogens is 258 g/mol. The Hall–Kier alpha value is -2.04. The monoisotopic (exact) mass is 279 g/mol. The van der Waals surface area contributed by atoms with Crippen LogP contribution in [0.15, 0.2) is 24.3 Å². The normalized spacial score (nSPS) is 11.8. The third kappa shape index (κ3) is 4.91. The van der Waals surface area contributed by atoms with Gasteiger partial charge in [-0.3, -0.25) is 4.79 Å². The lowest BCUT2D eigenvalue weighted by molar-refractivity contribution is -0.144. The van der Waals surface area contributed by atoms with Crippen LogP contribution in [0.2, 0.25) is 0 Å². The highest BCUT2D eigenvalue weighted by atomic mass is 16.5. The van der Waals surface area contributed by atoms with Gasteiger partial charge in [0.05, 0.1) is 7.11 Å². The van der Waals surface area contributed by atoms with E-state index in [9.17, 15) is 9.59 Å². The number of esters is 1. The molecule has 0 saturated heterocycles. The summed E-state index contributed by atoms with van der Waals surface area (Å²) in [5, 5.41) is 2.50. The van der Waals surface area contributed by atoms with Crippen LogP contribution in [-0.2, 0) is 14.3 Å². The minimum Gasteiger partial charge on any atom is -0.484 e. The maximum atomic E-state index is 11.6. The van der Waals surface area contributed by atoms with Crippen LogP contribution in [-0.4, -0.2) is 31.6 Å². The number of carbonyl (C=O) groups is 2. The Morgan fingerprint density at radius 1 is 1.25 bits per heavy atom. The average Bonchev–Trinajstić information content (AvgIpc) is 2.44. The molecule has 0 heterocycles. The van der Waals surface area contributed by atoms with Gasteiger partial charge in [0.2, 0.25) is 0 Å². The molecule has 0 aromatic heterocycles. The Bertz CT molecular complexity index is 471. The molecule has 5 heteroatoms. The molecule has 5 nitrogen and oxygen atoms in total. The highest BCUT2D eigenvalue weighted by molar-refractivity contribution is 5.84. The van der Waals surface area contributed by atoms with E-state index in [2.05, 4.69) is 23.9 Å². The Balaban J connectivity index is 2.49. The Kier molecular flexibility index (Phi) is 6.03. The molecule has 1 aromatic carbocycles. The van der Waals surface area contributed by atoms with Crippen molar-refractivity contribution in [2.45, 2.75) is 32.7 Å². The van der Waals surface area contributed by atoms with Crippen molar-refractivity contribution in [2.24, 2.45) is 0 Å². The molecule has 0 spiro atoms. The van der Waals surface area contributed by atoms with E-state index in [4.69, 9.17) is 4.74 Å². The predicted octanol–water partition coefficient (Wildman–Crippen LogP) is 1.87. The Morgan fingerprint density at radius 3 is 2.55 bits per heavy atom. The van der Waals surface area contributed by atoms with Crippen LogP contribution in [0.1, 0.15) is 32.3 Å². The number of rotatable bonds is 6. The molecule has 0 radical (unpaired) electrons. The zero-order valence-corrected chi connectivity index (χ0v) is 12.3. The summed E-state index contributed by atoms with van der Waals surface area (Å²) in [4.78, 5) is 22.8. The summed E-state index contributed by atoms with van der Waals surface area (Å²) < 4.78 is 9.93. The molecule has 20 heavy (non-hydrogen) atoms. The molecule has 1 atom stereocenters. The van der Waals surface area contributed by atoms with Crippen molar-refractivity contribution in [2.75, 3.05) is 13.7 Å². The second kappa shape index (κ2) is 7.53. The highest BCUT2D eigenvalue weighted by Gasteiger charge is 2.15.